The van der Waals surface area contributed by atoms with Crippen LogP contribution in [0.3, 0.4) is 0 Å². The summed E-state index contributed by atoms with van der Waals surface area (Å²) in [4.78, 5) is 0. The van der Waals surface area contributed by atoms with Crippen LogP contribution >= 0.6 is 21.6 Å². The van der Waals surface area contributed by atoms with Crippen LogP contribution in [0.5, 0.6) is 0 Å². The first-order valence-corrected chi connectivity index (χ1v) is 8.10. The number of hydrogen-bond acceptors (Lipinski definition) is 6. The van der Waals surface area contributed by atoms with E-state index in [2.05, 4.69) is 10.3 Å². The van der Waals surface area contributed by atoms with Crippen molar-refractivity contribution in [3.63, 3.8) is 0 Å². The van der Waals surface area contributed by atoms with E-state index >= 15 is 0 Å². The highest BCUT2D eigenvalue weighted by atomic mass is 33.1. The molecule has 20 heavy (non-hydrogen) atoms. The lowest BCUT2D eigenvalue weighted by atomic mass is 10.3. The number of rotatable bonds is 3. The number of aromatic nitrogens is 2. The molecule has 0 aliphatic heterocycles. The van der Waals surface area contributed by atoms with Crippen molar-refractivity contribution < 1.29 is 9.05 Å². The molecule has 4 nitrogen and oxygen atoms in total. The van der Waals surface area contributed by atoms with Gasteiger partial charge in [-0.1, -0.05) is 34.6 Å². The first-order valence-electron chi connectivity index (χ1n) is 5.95. The van der Waals surface area contributed by atoms with E-state index < -0.39 is 0 Å². The Balaban J connectivity index is 1.64. The van der Waals surface area contributed by atoms with Gasteiger partial charge in [-0.25, -0.2) is 0 Å². The van der Waals surface area contributed by atoms with Gasteiger partial charge in [-0.05, 0) is 45.9 Å². The van der Waals surface area contributed by atoms with E-state index in [0.717, 1.165) is 32.0 Å². The lowest BCUT2D eigenvalue weighted by Crippen LogP contribution is -1.70. The highest BCUT2D eigenvalue weighted by Crippen LogP contribution is 2.41. The first kappa shape index (κ1) is 11.9. The maximum Gasteiger partial charge on any atom is 0.168 e. The van der Waals surface area contributed by atoms with E-state index in [4.69, 9.17) is 9.05 Å². The molecule has 98 valence electrons. The van der Waals surface area contributed by atoms with Gasteiger partial charge in [0.25, 0.3) is 0 Å². The van der Waals surface area contributed by atoms with Crippen molar-refractivity contribution in [3.05, 3.63) is 48.5 Å². The molecular weight excluding hydrogens is 292 g/mol. The summed E-state index contributed by atoms with van der Waals surface area (Å²) in [6.07, 6.45) is 0. The molecule has 0 saturated heterocycles. The normalized spacial score (nSPS) is 11.4. The second-order valence-electron chi connectivity index (χ2n) is 4.13. The van der Waals surface area contributed by atoms with Crippen LogP contribution < -0.4 is 0 Å². The summed E-state index contributed by atoms with van der Waals surface area (Å²) in [5, 5.41) is 11.9. The third-order valence-corrected chi connectivity index (χ3v) is 5.07. The van der Waals surface area contributed by atoms with Crippen LogP contribution in [0, 0.1) is 0 Å². The van der Waals surface area contributed by atoms with Gasteiger partial charge in [-0.2, -0.15) is 0 Å². The van der Waals surface area contributed by atoms with Crippen molar-refractivity contribution >= 4 is 43.5 Å². The van der Waals surface area contributed by atoms with Crippen LogP contribution in [0.4, 0.5) is 0 Å². The molecule has 0 atom stereocenters. The fourth-order valence-electron chi connectivity index (χ4n) is 1.92. The number of para-hydroxylation sites is 2. The Labute approximate surface area is 121 Å². The van der Waals surface area contributed by atoms with Gasteiger partial charge in [0.05, 0.1) is 10.8 Å². The Morgan fingerprint density at radius 1 is 0.650 bits per heavy atom. The molecular formula is C14H8N2O2S2. The van der Waals surface area contributed by atoms with Gasteiger partial charge in [0, 0.05) is 0 Å². The Kier molecular flexibility index (Phi) is 2.90. The fraction of sp³-hybridized carbons (Fsp3) is 0. The maximum atomic E-state index is 5.28. The van der Waals surface area contributed by atoms with Crippen molar-refractivity contribution in [2.75, 3.05) is 0 Å². The topological polar surface area (TPSA) is 52.1 Å². The van der Waals surface area contributed by atoms with Crippen LogP contribution in [-0.4, -0.2) is 10.3 Å². The van der Waals surface area contributed by atoms with Crippen molar-refractivity contribution in [2.45, 2.75) is 10.1 Å². The summed E-state index contributed by atoms with van der Waals surface area (Å²) < 4.78 is 10.6. The van der Waals surface area contributed by atoms with Crippen LogP contribution in [0.15, 0.2) is 67.6 Å². The molecule has 0 spiro atoms. The molecule has 0 amide bonds. The minimum absolute atomic E-state index is 0.792. The van der Waals surface area contributed by atoms with E-state index in [1.807, 2.05) is 48.5 Å². The Morgan fingerprint density at radius 2 is 1.10 bits per heavy atom. The first-order chi connectivity index (χ1) is 9.92. The second kappa shape index (κ2) is 4.88. The van der Waals surface area contributed by atoms with Gasteiger partial charge in [0.1, 0.15) is 0 Å². The maximum absolute atomic E-state index is 5.28. The highest BCUT2D eigenvalue weighted by molar-refractivity contribution is 8.76. The molecule has 0 radical (unpaired) electrons. The SMILES string of the molecule is c1ccc2c(SSc3noc4ccccc34)noc2c1. The lowest BCUT2D eigenvalue weighted by molar-refractivity contribution is 0.437. The van der Waals surface area contributed by atoms with Crippen molar-refractivity contribution in [2.24, 2.45) is 0 Å². The van der Waals surface area contributed by atoms with E-state index in [1.54, 1.807) is 0 Å². The molecule has 0 aliphatic rings. The summed E-state index contributed by atoms with van der Waals surface area (Å²) in [7, 11) is 3.04. The van der Waals surface area contributed by atoms with Crippen LogP contribution in [0.1, 0.15) is 0 Å². The molecule has 0 fully saturated rings. The molecule has 0 unspecified atom stereocenters. The van der Waals surface area contributed by atoms with Gasteiger partial charge < -0.3 is 9.05 Å². The average Bonchev–Trinajstić information content (AvgIpc) is 3.09. The number of nitrogens with zero attached hydrogens (tertiary/aromatic N) is 2. The third-order valence-electron chi connectivity index (χ3n) is 2.89. The summed E-state index contributed by atoms with van der Waals surface area (Å²) in [6, 6.07) is 15.6. The number of hydrogen-bond donors (Lipinski definition) is 0. The summed E-state index contributed by atoms with van der Waals surface area (Å²) in [5.74, 6) is 0. The summed E-state index contributed by atoms with van der Waals surface area (Å²) in [5.41, 5.74) is 1.58. The Morgan fingerprint density at radius 3 is 1.60 bits per heavy atom. The number of fused-ring (bicyclic) bond motifs is 2. The van der Waals surface area contributed by atoms with Gasteiger partial charge in [0.2, 0.25) is 0 Å². The quantitative estimate of drug-likeness (QED) is 0.508. The second-order valence-corrected chi connectivity index (χ2v) is 6.24. The summed E-state index contributed by atoms with van der Waals surface area (Å²) >= 11 is 0. The molecule has 2 aromatic carbocycles. The highest BCUT2D eigenvalue weighted by Gasteiger charge is 2.12. The largest absolute Gasteiger partial charge is 0.355 e. The minimum atomic E-state index is 0.792. The molecule has 2 heterocycles. The van der Waals surface area contributed by atoms with Crippen molar-refractivity contribution in [1.82, 2.24) is 10.3 Å². The van der Waals surface area contributed by atoms with E-state index in [1.165, 1.54) is 21.6 Å². The molecule has 6 heteroatoms. The summed E-state index contributed by atoms with van der Waals surface area (Å²) in [6.45, 7) is 0. The van der Waals surface area contributed by atoms with Crippen LogP contribution in [0.2, 0.25) is 0 Å². The molecule has 4 rings (SSSR count). The fourth-order valence-corrected chi connectivity index (χ4v) is 3.93. The predicted molar refractivity (Wildman–Crippen MR) is 79.7 cm³/mol. The zero-order valence-electron chi connectivity index (χ0n) is 10.1. The van der Waals surface area contributed by atoms with Gasteiger partial charge in [-0.3, -0.25) is 0 Å². The van der Waals surface area contributed by atoms with Crippen LogP contribution in [0.25, 0.3) is 21.9 Å². The lowest BCUT2D eigenvalue weighted by Gasteiger charge is -1.93. The smallest absolute Gasteiger partial charge is 0.168 e. The van der Waals surface area contributed by atoms with Crippen molar-refractivity contribution in [3.8, 4) is 0 Å². The predicted octanol–water partition coefficient (Wildman–Crippen LogP) is 4.77. The molecule has 4 aromatic rings. The van der Waals surface area contributed by atoms with Gasteiger partial charge in [-0.15, -0.1) is 0 Å². The molecule has 0 bridgehead atoms. The van der Waals surface area contributed by atoms with Crippen molar-refractivity contribution in [1.29, 1.82) is 0 Å². The van der Waals surface area contributed by atoms with Gasteiger partial charge in [0.15, 0.2) is 21.2 Å². The monoisotopic (exact) mass is 300 g/mol. The average molecular weight is 300 g/mol. The minimum Gasteiger partial charge on any atom is -0.355 e. The zero-order valence-corrected chi connectivity index (χ0v) is 11.8. The standard InChI is InChI=1S/C14H8N2O2S2/c1-3-7-11-9(5-1)13(15-17-11)19-20-14-10-6-2-4-8-12(10)18-16-14/h1-8H. The van der Waals surface area contributed by atoms with E-state index in [9.17, 15) is 0 Å². The van der Waals surface area contributed by atoms with Crippen LogP contribution in [-0.2, 0) is 0 Å². The molecule has 0 saturated carbocycles. The molecule has 0 N–H and O–H groups in total. The van der Waals surface area contributed by atoms with E-state index in [-0.39, 0.29) is 0 Å². The molecule has 0 aliphatic carbocycles. The van der Waals surface area contributed by atoms with E-state index in [0.29, 0.717) is 0 Å². The Bertz CT molecular complexity index is 811. The zero-order chi connectivity index (χ0) is 13.4. The third kappa shape index (κ3) is 1.97. The van der Waals surface area contributed by atoms with Gasteiger partial charge >= 0.3 is 0 Å². The number of benzene rings is 2. The Hall–Kier alpha value is -1.92. The molecule has 2 aromatic heterocycles.